The highest BCUT2D eigenvalue weighted by Crippen LogP contribution is 2.28. The number of nitrogens with one attached hydrogen (secondary N) is 1. The van der Waals surface area contributed by atoms with Gasteiger partial charge in [0, 0.05) is 0 Å². The van der Waals surface area contributed by atoms with E-state index in [-0.39, 0.29) is 5.91 Å². The molecule has 0 fully saturated rings. The molecule has 0 aliphatic heterocycles. The maximum atomic E-state index is 12.2. The minimum atomic E-state index is -0.343. The highest BCUT2D eigenvalue weighted by atomic mass is 16.5. The Morgan fingerprint density at radius 1 is 1.04 bits per heavy atom. The van der Waals surface area contributed by atoms with Gasteiger partial charge in [-0.15, -0.1) is 0 Å². The topological polar surface area (TPSA) is 69.2 Å². The van der Waals surface area contributed by atoms with Crippen LogP contribution >= 0.6 is 0 Å². The number of benzene rings is 2. The minimum Gasteiger partial charge on any atom is -0.496 e. The van der Waals surface area contributed by atoms with Gasteiger partial charge in [0.05, 0.1) is 32.1 Å². The molecule has 0 aliphatic carbocycles. The Balaban J connectivity index is 2.08. The Morgan fingerprint density at radius 2 is 1.76 bits per heavy atom. The van der Waals surface area contributed by atoms with Gasteiger partial charge in [0.25, 0.3) is 5.91 Å². The first-order valence-electron chi connectivity index (χ1n) is 8.05. The summed E-state index contributed by atoms with van der Waals surface area (Å²) in [7, 11) is 1.52. The van der Waals surface area contributed by atoms with Crippen molar-refractivity contribution in [2.45, 2.75) is 13.8 Å². The average molecular weight is 342 g/mol. The van der Waals surface area contributed by atoms with Gasteiger partial charge < -0.3 is 14.2 Å². The number of ether oxygens (including phenoxy) is 3. The van der Waals surface area contributed by atoms with Gasteiger partial charge >= 0.3 is 0 Å². The number of nitrogens with zero attached hydrogens (tertiary/aromatic N) is 1. The van der Waals surface area contributed by atoms with Gasteiger partial charge in [-0.05, 0) is 49.7 Å². The van der Waals surface area contributed by atoms with Gasteiger partial charge in [-0.1, -0.05) is 12.1 Å². The lowest BCUT2D eigenvalue weighted by molar-refractivity contribution is 0.0952. The quantitative estimate of drug-likeness (QED) is 0.590. The molecule has 0 saturated carbocycles. The van der Waals surface area contributed by atoms with Crippen LogP contribution in [0.5, 0.6) is 17.2 Å². The van der Waals surface area contributed by atoms with Crippen LogP contribution in [0.2, 0.25) is 0 Å². The van der Waals surface area contributed by atoms with E-state index in [0.717, 1.165) is 5.56 Å². The standard InChI is InChI=1S/C19H22N2O4/c1-4-24-17-11-10-14(12-18(17)25-5-2)13-20-21-19(22)15-8-6-7-9-16(15)23-3/h6-13H,4-5H2,1-3H3,(H,21,22)/b20-13+. The number of para-hydroxylation sites is 1. The molecule has 6 nitrogen and oxygen atoms in total. The van der Waals surface area contributed by atoms with Crippen molar-refractivity contribution < 1.29 is 19.0 Å². The van der Waals surface area contributed by atoms with Crippen LogP contribution < -0.4 is 19.6 Å². The summed E-state index contributed by atoms with van der Waals surface area (Å²) < 4.78 is 16.3. The molecule has 0 aromatic heterocycles. The smallest absolute Gasteiger partial charge is 0.275 e. The fraction of sp³-hybridized carbons (Fsp3) is 0.263. The van der Waals surface area contributed by atoms with Crippen LogP contribution in [0, 0.1) is 0 Å². The highest BCUT2D eigenvalue weighted by molar-refractivity contribution is 5.97. The predicted molar refractivity (Wildman–Crippen MR) is 96.8 cm³/mol. The Morgan fingerprint density at radius 3 is 2.48 bits per heavy atom. The maximum absolute atomic E-state index is 12.2. The normalized spacial score (nSPS) is 10.5. The van der Waals surface area contributed by atoms with Crippen molar-refractivity contribution in [1.29, 1.82) is 0 Å². The van der Waals surface area contributed by atoms with Crippen molar-refractivity contribution in [3.05, 3.63) is 53.6 Å². The van der Waals surface area contributed by atoms with Gasteiger partial charge in [-0.25, -0.2) is 5.43 Å². The molecule has 0 bridgehead atoms. The van der Waals surface area contributed by atoms with Crippen molar-refractivity contribution in [3.8, 4) is 17.2 Å². The lowest BCUT2D eigenvalue weighted by Crippen LogP contribution is -2.18. The molecule has 0 spiro atoms. The van der Waals surface area contributed by atoms with Crippen LogP contribution in [0.1, 0.15) is 29.8 Å². The number of methoxy groups -OCH3 is 1. The molecule has 0 aliphatic rings. The second-order valence-electron chi connectivity index (χ2n) is 4.97. The molecule has 2 aromatic carbocycles. The van der Waals surface area contributed by atoms with Crippen LogP contribution in [0.25, 0.3) is 0 Å². The Labute approximate surface area is 147 Å². The monoisotopic (exact) mass is 342 g/mol. The van der Waals surface area contributed by atoms with E-state index in [4.69, 9.17) is 14.2 Å². The van der Waals surface area contributed by atoms with Crippen LogP contribution in [0.15, 0.2) is 47.6 Å². The zero-order valence-electron chi connectivity index (χ0n) is 14.6. The third-order valence-electron chi connectivity index (χ3n) is 3.30. The first kappa shape index (κ1) is 18.3. The number of hydrogen-bond donors (Lipinski definition) is 1. The van der Waals surface area contributed by atoms with Crippen molar-refractivity contribution in [2.75, 3.05) is 20.3 Å². The molecule has 2 rings (SSSR count). The molecular weight excluding hydrogens is 320 g/mol. The average Bonchev–Trinajstić information content (AvgIpc) is 2.64. The molecule has 1 amide bonds. The molecule has 0 saturated heterocycles. The Bertz CT molecular complexity index is 744. The van der Waals surface area contributed by atoms with E-state index in [9.17, 15) is 4.79 Å². The second kappa shape index (κ2) is 9.32. The summed E-state index contributed by atoms with van der Waals surface area (Å²) in [5, 5.41) is 3.99. The van der Waals surface area contributed by atoms with E-state index in [2.05, 4.69) is 10.5 Å². The van der Waals surface area contributed by atoms with Crippen molar-refractivity contribution in [1.82, 2.24) is 5.43 Å². The molecule has 2 aromatic rings. The second-order valence-corrected chi connectivity index (χ2v) is 4.97. The molecule has 6 heteroatoms. The van der Waals surface area contributed by atoms with Crippen LogP contribution in [-0.4, -0.2) is 32.4 Å². The Kier molecular flexibility index (Phi) is 6.83. The van der Waals surface area contributed by atoms with Gasteiger partial charge in [0.2, 0.25) is 0 Å². The number of amides is 1. The highest BCUT2D eigenvalue weighted by Gasteiger charge is 2.10. The zero-order chi connectivity index (χ0) is 18.1. The summed E-state index contributed by atoms with van der Waals surface area (Å²) in [6, 6.07) is 12.4. The van der Waals surface area contributed by atoms with Crippen molar-refractivity contribution in [2.24, 2.45) is 5.10 Å². The maximum Gasteiger partial charge on any atom is 0.275 e. The van der Waals surface area contributed by atoms with Gasteiger partial charge in [-0.2, -0.15) is 5.10 Å². The van der Waals surface area contributed by atoms with E-state index < -0.39 is 0 Å². The van der Waals surface area contributed by atoms with Crippen molar-refractivity contribution in [3.63, 3.8) is 0 Å². The third-order valence-corrected chi connectivity index (χ3v) is 3.30. The van der Waals surface area contributed by atoms with E-state index >= 15 is 0 Å². The van der Waals surface area contributed by atoms with E-state index in [1.54, 1.807) is 30.5 Å². The summed E-state index contributed by atoms with van der Waals surface area (Å²) in [5.41, 5.74) is 3.70. The Hall–Kier alpha value is -3.02. The summed E-state index contributed by atoms with van der Waals surface area (Å²) in [4.78, 5) is 12.2. The fourth-order valence-corrected chi connectivity index (χ4v) is 2.21. The molecule has 25 heavy (non-hydrogen) atoms. The zero-order valence-corrected chi connectivity index (χ0v) is 14.6. The van der Waals surface area contributed by atoms with Gasteiger partial charge in [0.1, 0.15) is 5.75 Å². The minimum absolute atomic E-state index is 0.343. The number of hydrazone groups is 1. The largest absolute Gasteiger partial charge is 0.496 e. The van der Waals surface area contributed by atoms with Gasteiger partial charge in [0.15, 0.2) is 11.5 Å². The van der Waals surface area contributed by atoms with Gasteiger partial charge in [-0.3, -0.25) is 4.79 Å². The predicted octanol–water partition coefficient (Wildman–Crippen LogP) is 3.26. The van der Waals surface area contributed by atoms with Crippen LogP contribution in [0.3, 0.4) is 0 Å². The van der Waals surface area contributed by atoms with Crippen LogP contribution in [-0.2, 0) is 0 Å². The molecule has 0 radical (unpaired) electrons. The number of carbonyl (C=O) groups is 1. The first-order chi connectivity index (χ1) is 12.2. The summed E-state index contributed by atoms with van der Waals surface area (Å²) in [5.74, 6) is 1.48. The molecule has 1 N–H and O–H groups in total. The lowest BCUT2D eigenvalue weighted by Gasteiger charge is -2.11. The summed E-state index contributed by atoms with van der Waals surface area (Å²) in [6.45, 7) is 4.91. The number of rotatable bonds is 8. The van der Waals surface area contributed by atoms with E-state index in [1.165, 1.54) is 7.11 Å². The van der Waals surface area contributed by atoms with E-state index in [1.807, 2.05) is 32.0 Å². The van der Waals surface area contributed by atoms with Crippen molar-refractivity contribution >= 4 is 12.1 Å². The molecule has 132 valence electrons. The molecule has 0 heterocycles. The first-order valence-corrected chi connectivity index (χ1v) is 8.05. The fourth-order valence-electron chi connectivity index (χ4n) is 2.21. The molecular formula is C19H22N2O4. The lowest BCUT2D eigenvalue weighted by atomic mass is 10.2. The van der Waals surface area contributed by atoms with Crippen LogP contribution in [0.4, 0.5) is 0 Å². The third kappa shape index (κ3) is 4.97. The SMILES string of the molecule is CCOc1ccc(/C=N/NC(=O)c2ccccc2OC)cc1OCC. The summed E-state index contributed by atoms with van der Waals surface area (Å²) in [6.07, 6.45) is 1.55. The molecule has 0 atom stereocenters. The molecule has 0 unspecified atom stereocenters. The summed E-state index contributed by atoms with van der Waals surface area (Å²) >= 11 is 0. The number of carbonyl (C=O) groups excluding carboxylic acids is 1. The number of hydrogen-bond acceptors (Lipinski definition) is 5. The van der Waals surface area contributed by atoms with E-state index in [0.29, 0.717) is 36.0 Å².